The minimum absolute atomic E-state index is 0.0442. The van der Waals surface area contributed by atoms with E-state index in [1.54, 1.807) is 18.2 Å². The van der Waals surface area contributed by atoms with Crippen molar-refractivity contribution in [1.82, 2.24) is 14.8 Å². The first kappa shape index (κ1) is 17.6. The van der Waals surface area contributed by atoms with Gasteiger partial charge >= 0.3 is 5.97 Å². The average molecular weight is 400 g/mol. The molecule has 0 saturated heterocycles. The number of rotatable bonds is 4. The predicted octanol–water partition coefficient (Wildman–Crippen LogP) is 4.29. The highest BCUT2D eigenvalue weighted by molar-refractivity contribution is 6.05. The summed E-state index contributed by atoms with van der Waals surface area (Å²) in [5.41, 5.74) is 1.36. The molecule has 5 rings (SSSR count). The van der Waals surface area contributed by atoms with Crippen LogP contribution in [0, 0.1) is 10.1 Å². The number of nitro benzene ring substituents is 1. The van der Waals surface area contributed by atoms with Gasteiger partial charge in [-0.05, 0) is 36.4 Å². The van der Waals surface area contributed by atoms with Gasteiger partial charge in [-0.3, -0.25) is 10.1 Å². The molecule has 0 saturated carbocycles. The van der Waals surface area contributed by atoms with Crippen molar-refractivity contribution in [3.63, 3.8) is 0 Å². The molecular formula is C21H12N4O5. The molecule has 0 unspecified atom stereocenters. The highest BCUT2D eigenvalue weighted by atomic mass is 16.6. The van der Waals surface area contributed by atoms with Crippen molar-refractivity contribution in [1.29, 1.82) is 0 Å². The van der Waals surface area contributed by atoms with Gasteiger partial charge in [-0.2, -0.15) is 5.10 Å². The summed E-state index contributed by atoms with van der Waals surface area (Å²) < 4.78 is 12.5. The minimum Gasteiger partial charge on any atom is -0.456 e. The number of nitrogens with zero attached hydrogens (tertiary/aromatic N) is 4. The van der Waals surface area contributed by atoms with Gasteiger partial charge in [0.1, 0.15) is 35.3 Å². The number of carbonyl (C=O) groups is 1. The van der Waals surface area contributed by atoms with Gasteiger partial charge in [-0.1, -0.05) is 18.2 Å². The molecule has 9 heteroatoms. The SMILES string of the molecule is O=C(Oc1ccc2oc3ccccc3c2c1)c1ccc(-n2cncn2)c([N+](=O)[O-])c1. The maximum absolute atomic E-state index is 12.6. The van der Waals surface area contributed by atoms with Crippen molar-refractivity contribution in [3.05, 3.63) is 89.0 Å². The van der Waals surface area contributed by atoms with Gasteiger partial charge in [-0.15, -0.1) is 0 Å². The van der Waals surface area contributed by atoms with E-state index in [0.717, 1.165) is 22.4 Å². The summed E-state index contributed by atoms with van der Waals surface area (Å²) in [7, 11) is 0. The molecule has 0 amide bonds. The van der Waals surface area contributed by atoms with Crippen molar-refractivity contribution in [2.75, 3.05) is 0 Å². The maximum Gasteiger partial charge on any atom is 0.343 e. The number of esters is 1. The molecule has 30 heavy (non-hydrogen) atoms. The summed E-state index contributed by atoms with van der Waals surface area (Å²) in [5.74, 6) is -0.405. The number of furan rings is 1. The zero-order chi connectivity index (χ0) is 20.7. The summed E-state index contributed by atoms with van der Waals surface area (Å²) >= 11 is 0. The molecule has 5 aromatic rings. The summed E-state index contributed by atoms with van der Waals surface area (Å²) in [6, 6.07) is 16.6. The lowest BCUT2D eigenvalue weighted by molar-refractivity contribution is -0.384. The molecule has 0 spiro atoms. The Hall–Kier alpha value is -4.53. The van der Waals surface area contributed by atoms with Crippen molar-refractivity contribution < 1.29 is 18.9 Å². The van der Waals surface area contributed by atoms with Gasteiger partial charge in [0.05, 0.1) is 10.5 Å². The van der Waals surface area contributed by atoms with Crippen LogP contribution in [0.4, 0.5) is 5.69 Å². The molecule has 0 N–H and O–H groups in total. The van der Waals surface area contributed by atoms with E-state index in [1.807, 2.05) is 24.3 Å². The summed E-state index contributed by atoms with van der Waals surface area (Å²) in [6.07, 6.45) is 2.60. The molecule has 3 aromatic carbocycles. The van der Waals surface area contributed by atoms with Crippen LogP contribution in [0.25, 0.3) is 27.6 Å². The Kier molecular flexibility index (Phi) is 3.99. The smallest absolute Gasteiger partial charge is 0.343 e. The molecule has 9 nitrogen and oxygen atoms in total. The molecule has 0 aliphatic heterocycles. The van der Waals surface area contributed by atoms with E-state index in [4.69, 9.17) is 9.15 Å². The van der Waals surface area contributed by atoms with Gasteiger partial charge in [0.2, 0.25) is 0 Å². The van der Waals surface area contributed by atoms with Crippen LogP contribution in [0.3, 0.4) is 0 Å². The quantitative estimate of drug-likeness (QED) is 0.191. The zero-order valence-corrected chi connectivity index (χ0v) is 15.3. The molecule has 0 radical (unpaired) electrons. The number of aromatic nitrogens is 3. The molecular weight excluding hydrogens is 388 g/mol. The van der Waals surface area contributed by atoms with Crippen molar-refractivity contribution in [3.8, 4) is 11.4 Å². The lowest BCUT2D eigenvalue weighted by Gasteiger charge is -2.07. The number of fused-ring (bicyclic) bond motifs is 3. The Morgan fingerprint density at radius 1 is 1.03 bits per heavy atom. The highest BCUT2D eigenvalue weighted by Gasteiger charge is 2.20. The van der Waals surface area contributed by atoms with Gasteiger partial charge in [0.15, 0.2) is 0 Å². The number of ether oxygens (including phenoxy) is 1. The third-order valence-corrected chi connectivity index (χ3v) is 4.63. The van der Waals surface area contributed by atoms with Crippen LogP contribution in [0.2, 0.25) is 0 Å². The van der Waals surface area contributed by atoms with E-state index >= 15 is 0 Å². The maximum atomic E-state index is 12.6. The van der Waals surface area contributed by atoms with Crippen LogP contribution in [0.5, 0.6) is 5.75 Å². The second kappa shape index (κ2) is 6.82. The first-order chi connectivity index (χ1) is 14.6. The summed E-state index contributed by atoms with van der Waals surface area (Å²) in [4.78, 5) is 27.3. The van der Waals surface area contributed by atoms with Crippen molar-refractivity contribution >= 4 is 33.6 Å². The molecule has 146 valence electrons. The fourth-order valence-electron chi connectivity index (χ4n) is 3.26. The molecule has 0 fully saturated rings. The Morgan fingerprint density at radius 2 is 1.87 bits per heavy atom. The van der Waals surface area contributed by atoms with E-state index in [2.05, 4.69) is 10.1 Å². The number of nitro groups is 1. The van der Waals surface area contributed by atoms with Crippen LogP contribution in [-0.4, -0.2) is 25.7 Å². The minimum atomic E-state index is -0.713. The first-order valence-corrected chi connectivity index (χ1v) is 8.87. The topological polar surface area (TPSA) is 113 Å². The predicted molar refractivity (Wildman–Crippen MR) is 107 cm³/mol. The molecule has 0 bridgehead atoms. The first-order valence-electron chi connectivity index (χ1n) is 8.87. The Morgan fingerprint density at radius 3 is 2.67 bits per heavy atom. The summed E-state index contributed by atoms with van der Waals surface area (Å²) in [6.45, 7) is 0. The van der Waals surface area contributed by atoms with Crippen LogP contribution >= 0.6 is 0 Å². The molecule has 0 aliphatic carbocycles. The second-order valence-corrected chi connectivity index (χ2v) is 6.45. The van der Waals surface area contributed by atoms with E-state index in [1.165, 1.54) is 29.5 Å². The number of hydrogen-bond donors (Lipinski definition) is 0. The van der Waals surface area contributed by atoms with Crippen LogP contribution in [0.1, 0.15) is 10.4 Å². The van der Waals surface area contributed by atoms with Crippen LogP contribution in [-0.2, 0) is 0 Å². The monoisotopic (exact) mass is 400 g/mol. The molecule has 2 heterocycles. The van der Waals surface area contributed by atoms with Gasteiger partial charge in [0.25, 0.3) is 5.69 Å². The third kappa shape index (κ3) is 2.94. The Labute approximate surface area is 168 Å². The Bertz CT molecular complexity index is 1420. The number of para-hydroxylation sites is 1. The van der Waals surface area contributed by atoms with E-state index in [9.17, 15) is 14.9 Å². The molecule has 0 atom stereocenters. The lowest BCUT2D eigenvalue weighted by atomic mass is 10.1. The van der Waals surface area contributed by atoms with Crippen LogP contribution < -0.4 is 4.74 Å². The fourth-order valence-corrected chi connectivity index (χ4v) is 3.26. The lowest BCUT2D eigenvalue weighted by Crippen LogP contribution is -2.10. The standard InChI is InChI=1S/C21H12N4O5/c26-21(13-5-7-17(18(9-13)25(27)28)24-12-22-11-23-24)29-14-6-8-20-16(10-14)15-3-1-2-4-19(15)30-20/h1-12H. The highest BCUT2D eigenvalue weighted by Crippen LogP contribution is 2.32. The van der Waals surface area contributed by atoms with E-state index in [-0.39, 0.29) is 16.9 Å². The number of hydrogen-bond acceptors (Lipinski definition) is 7. The number of benzene rings is 3. The molecule has 0 aliphatic rings. The van der Waals surface area contributed by atoms with Gasteiger partial charge < -0.3 is 9.15 Å². The van der Waals surface area contributed by atoms with E-state index in [0.29, 0.717) is 11.3 Å². The van der Waals surface area contributed by atoms with E-state index < -0.39 is 10.9 Å². The Balaban J connectivity index is 1.48. The van der Waals surface area contributed by atoms with Crippen molar-refractivity contribution in [2.24, 2.45) is 0 Å². The third-order valence-electron chi connectivity index (χ3n) is 4.63. The average Bonchev–Trinajstić information content (AvgIpc) is 3.41. The fraction of sp³-hybridized carbons (Fsp3) is 0. The summed E-state index contributed by atoms with van der Waals surface area (Å²) in [5, 5.41) is 17.1. The van der Waals surface area contributed by atoms with Crippen molar-refractivity contribution in [2.45, 2.75) is 0 Å². The van der Waals surface area contributed by atoms with Crippen LogP contribution in [0.15, 0.2) is 77.7 Å². The zero-order valence-electron chi connectivity index (χ0n) is 15.3. The van der Waals surface area contributed by atoms with Gasteiger partial charge in [-0.25, -0.2) is 14.5 Å². The van der Waals surface area contributed by atoms with Gasteiger partial charge in [0, 0.05) is 16.8 Å². The molecule has 2 aromatic heterocycles. The largest absolute Gasteiger partial charge is 0.456 e. The number of carbonyl (C=O) groups excluding carboxylic acids is 1. The second-order valence-electron chi connectivity index (χ2n) is 6.45. The normalized spacial score (nSPS) is 11.1.